The van der Waals surface area contributed by atoms with Gasteiger partial charge < -0.3 is 4.90 Å². The SMILES string of the molecule is CC1(C)c2ccccc2-c2ccc(N(c3ccc(-c4ccccc4)cc3)c3ccc(-c4ccc5c(=O)n(-c6ccccc6)c6nc7ccccc7n6c5c4)cc3)cc21. The van der Waals surface area contributed by atoms with Crippen molar-refractivity contribution in [2.45, 2.75) is 19.3 Å². The molecule has 0 saturated heterocycles. The number of benzene rings is 8. The van der Waals surface area contributed by atoms with Crippen LogP contribution in [0.4, 0.5) is 17.1 Å². The first-order valence-corrected chi connectivity index (χ1v) is 19.8. The molecule has 0 saturated carbocycles. The Bertz CT molecular complexity index is 3250. The van der Waals surface area contributed by atoms with Gasteiger partial charge in [-0.25, -0.2) is 9.55 Å². The molecular formula is C53H38N4O. The predicted molar refractivity (Wildman–Crippen MR) is 239 cm³/mol. The highest BCUT2D eigenvalue weighted by atomic mass is 16.1. The standard InChI is InChI=1S/C53H38N4O/c1-53(2)46-18-10-9-17-43(46)44-32-30-42(34-47(44)53)55(40-26-21-36(22-27-40)35-13-5-3-6-14-35)41-28-23-37(24-29-41)38-25-31-45-50(33-38)57-49-20-12-11-19-48(49)54-52(57)56(51(45)58)39-15-7-4-8-16-39/h3-34H,1-2H3. The van der Waals surface area contributed by atoms with Crippen molar-refractivity contribution in [2.75, 3.05) is 4.90 Å². The summed E-state index contributed by atoms with van der Waals surface area (Å²) in [5, 5.41) is 0.631. The van der Waals surface area contributed by atoms with Crippen LogP contribution in [-0.2, 0) is 5.41 Å². The number of imidazole rings is 1. The Balaban J connectivity index is 1.04. The van der Waals surface area contributed by atoms with Crippen LogP contribution in [0.2, 0.25) is 0 Å². The zero-order valence-electron chi connectivity index (χ0n) is 32.2. The zero-order chi connectivity index (χ0) is 39.0. The third-order valence-electron chi connectivity index (χ3n) is 11.9. The van der Waals surface area contributed by atoms with Crippen molar-refractivity contribution in [3.8, 4) is 39.1 Å². The Morgan fingerprint density at radius 3 is 1.79 bits per heavy atom. The fourth-order valence-corrected chi connectivity index (χ4v) is 9.01. The first kappa shape index (κ1) is 33.8. The summed E-state index contributed by atoms with van der Waals surface area (Å²) >= 11 is 0. The topological polar surface area (TPSA) is 42.5 Å². The fourth-order valence-electron chi connectivity index (χ4n) is 9.01. The van der Waals surface area contributed by atoms with E-state index >= 15 is 0 Å². The van der Waals surface area contributed by atoms with Crippen LogP contribution >= 0.6 is 0 Å². The second-order valence-electron chi connectivity index (χ2n) is 15.6. The second-order valence-corrected chi connectivity index (χ2v) is 15.6. The predicted octanol–water partition coefficient (Wildman–Crippen LogP) is 12.9. The van der Waals surface area contributed by atoms with Gasteiger partial charge in [-0.15, -0.1) is 0 Å². The molecule has 0 amide bonds. The van der Waals surface area contributed by atoms with Crippen molar-refractivity contribution in [1.82, 2.24) is 14.0 Å². The van der Waals surface area contributed by atoms with Crippen molar-refractivity contribution in [3.05, 3.63) is 216 Å². The number of nitrogens with zero attached hydrogens (tertiary/aromatic N) is 4. The Morgan fingerprint density at radius 1 is 0.483 bits per heavy atom. The summed E-state index contributed by atoms with van der Waals surface area (Å²) in [6, 6.07) is 67.8. The summed E-state index contributed by atoms with van der Waals surface area (Å²) in [4.78, 5) is 21.6. The zero-order valence-corrected chi connectivity index (χ0v) is 32.2. The minimum absolute atomic E-state index is 0.0968. The molecule has 0 unspecified atom stereocenters. The van der Waals surface area contributed by atoms with Crippen molar-refractivity contribution < 1.29 is 0 Å². The lowest BCUT2D eigenvalue weighted by molar-refractivity contribution is 0.660. The van der Waals surface area contributed by atoms with Gasteiger partial charge in [-0.05, 0) is 117 Å². The lowest BCUT2D eigenvalue weighted by Crippen LogP contribution is -2.21. The fraction of sp³-hybridized carbons (Fsp3) is 0.0566. The number of aromatic nitrogens is 3. The van der Waals surface area contributed by atoms with E-state index in [1.807, 2.05) is 54.6 Å². The summed E-state index contributed by atoms with van der Waals surface area (Å²) in [5.41, 5.74) is 16.2. The molecule has 0 fully saturated rings. The van der Waals surface area contributed by atoms with E-state index in [9.17, 15) is 4.79 Å². The Morgan fingerprint density at radius 2 is 1.05 bits per heavy atom. The van der Waals surface area contributed by atoms with Gasteiger partial charge >= 0.3 is 0 Å². The van der Waals surface area contributed by atoms with Gasteiger partial charge in [0, 0.05) is 22.5 Å². The molecule has 0 atom stereocenters. The van der Waals surface area contributed by atoms with E-state index in [1.54, 1.807) is 4.57 Å². The summed E-state index contributed by atoms with van der Waals surface area (Å²) in [6.45, 7) is 4.66. The van der Waals surface area contributed by atoms with Crippen LogP contribution < -0.4 is 10.5 Å². The molecule has 276 valence electrons. The van der Waals surface area contributed by atoms with E-state index in [0.717, 1.165) is 50.4 Å². The molecule has 5 nitrogen and oxygen atoms in total. The van der Waals surface area contributed by atoms with Crippen molar-refractivity contribution in [1.29, 1.82) is 0 Å². The molecule has 0 bridgehead atoms. The van der Waals surface area contributed by atoms with E-state index in [4.69, 9.17) is 4.98 Å². The van der Waals surface area contributed by atoms with Crippen molar-refractivity contribution in [2.24, 2.45) is 0 Å². The van der Waals surface area contributed by atoms with E-state index in [2.05, 4.69) is 163 Å². The van der Waals surface area contributed by atoms with Crippen LogP contribution in [0.3, 0.4) is 0 Å². The highest BCUT2D eigenvalue weighted by Crippen LogP contribution is 2.50. The molecular weight excluding hydrogens is 709 g/mol. The van der Waals surface area contributed by atoms with E-state index in [0.29, 0.717) is 11.2 Å². The minimum Gasteiger partial charge on any atom is -0.310 e. The number of fused-ring (bicyclic) bond motifs is 8. The Hall–Kier alpha value is -7.50. The van der Waals surface area contributed by atoms with Gasteiger partial charge in [0.25, 0.3) is 5.56 Å². The average Bonchev–Trinajstić information content (AvgIpc) is 3.77. The molecule has 8 aromatic carbocycles. The smallest absolute Gasteiger partial charge is 0.267 e. The van der Waals surface area contributed by atoms with Gasteiger partial charge in [-0.1, -0.05) is 135 Å². The maximum Gasteiger partial charge on any atom is 0.267 e. The van der Waals surface area contributed by atoms with Crippen molar-refractivity contribution >= 4 is 44.8 Å². The molecule has 1 aliphatic rings. The van der Waals surface area contributed by atoms with Gasteiger partial charge in [-0.2, -0.15) is 0 Å². The molecule has 0 spiro atoms. The molecule has 10 aromatic rings. The van der Waals surface area contributed by atoms with Crippen LogP contribution in [-0.4, -0.2) is 14.0 Å². The second kappa shape index (κ2) is 13.0. The van der Waals surface area contributed by atoms with Crippen molar-refractivity contribution in [3.63, 3.8) is 0 Å². The average molecular weight is 747 g/mol. The minimum atomic E-state index is -0.124. The van der Waals surface area contributed by atoms with E-state index in [1.165, 1.54) is 33.4 Å². The Labute approximate surface area is 336 Å². The Kier molecular flexibility index (Phi) is 7.60. The van der Waals surface area contributed by atoms with Gasteiger partial charge in [0.1, 0.15) is 0 Å². The van der Waals surface area contributed by atoms with Gasteiger partial charge in [0.05, 0.1) is 27.6 Å². The van der Waals surface area contributed by atoms with Crippen LogP contribution in [0.1, 0.15) is 25.0 Å². The molecule has 0 radical (unpaired) electrons. The highest BCUT2D eigenvalue weighted by molar-refractivity contribution is 5.93. The van der Waals surface area contributed by atoms with E-state index < -0.39 is 0 Å². The number of hydrogen-bond donors (Lipinski definition) is 0. The van der Waals surface area contributed by atoms with E-state index in [-0.39, 0.29) is 11.0 Å². The van der Waals surface area contributed by atoms with Gasteiger partial charge in [0.2, 0.25) is 5.78 Å². The van der Waals surface area contributed by atoms with Crippen LogP contribution in [0.5, 0.6) is 0 Å². The van der Waals surface area contributed by atoms with Gasteiger partial charge in [0.15, 0.2) is 0 Å². The summed E-state index contributed by atoms with van der Waals surface area (Å²) < 4.78 is 3.84. The third kappa shape index (κ3) is 5.24. The quantitative estimate of drug-likeness (QED) is 0.170. The van der Waals surface area contributed by atoms with Crippen LogP contribution in [0, 0.1) is 0 Å². The maximum atomic E-state index is 14.2. The lowest BCUT2D eigenvalue weighted by Gasteiger charge is -2.28. The lowest BCUT2D eigenvalue weighted by atomic mass is 9.82. The number of hydrogen-bond acceptors (Lipinski definition) is 3. The monoisotopic (exact) mass is 746 g/mol. The molecule has 58 heavy (non-hydrogen) atoms. The largest absolute Gasteiger partial charge is 0.310 e. The normalized spacial score (nSPS) is 12.9. The summed E-state index contributed by atoms with van der Waals surface area (Å²) in [5.74, 6) is 0.590. The number of anilines is 3. The van der Waals surface area contributed by atoms with Crippen LogP contribution in [0.15, 0.2) is 199 Å². The maximum absolute atomic E-state index is 14.2. The summed E-state index contributed by atoms with van der Waals surface area (Å²) in [6.07, 6.45) is 0. The first-order valence-electron chi connectivity index (χ1n) is 19.8. The third-order valence-corrected chi connectivity index (χ3v) is 11.9. The molecule has 1 aliphatic carbocycles. The molecule has 11 rings (SSSR count). The molecule has 0 aliphatic heterocycles. The number of para-hydroxylation sites is 3. The molecule has 5 heteroatoms. The van der Waals surface area contributed by atoms with Gasteiger partial charge in [-0.3, -0.25) is 9.20 Å². The highest BCUT2D eigenvalue weighted by Gasteiger charge is 2.35. The van der Waals surface area contributed by atoms with Crippen LogP contribution in [0.25, 0.3) is 66.8 Å². The molecule has 2 aromatic heterocycles. The summed E-state index contributed by atoms with van der Waals surface area (Å²) in [7, 11) is 0. The molecule has 2 heterocycles. The first-order chi connectivity index (χ1) is 28.4. The number of rotatable bonds is 6. The molecule has 0 N–H and O–H groups in total.